The third kappa shape index (κ3) is 5.08. The smallest absolute Gasteiger partial charge is 0.328 e. The van der Waals surface area contributed by atoms with E-state index in [9.17, 15) is 9.59 Å². The summed E-state index contributed by atoms with van der Waals surface area (Å²) in [6, 6.07) is 12.7. The molecule has 2 aliphatic rings. The van der Waals surface area contributed by atoms with Gasteiger partial charge in [-0.15, -0.1) is 0 Å². The quantitative estimate of drug-likeness (QED) is 0.742. The van der Waals surface area contributed by atoms with E-state index in [4.69, 9.17) is 19.7 Å². The highest BCUT2D eigenvalue weighted by Crippen LogP contribution is 2.40. The molecule has 0 aliphatic carbocycles. The fourth-order valence-corrected chi connectivity index (χ4v) is 3.54. The van der Waals surface area contributed by atoms with Crippen LogP contribution < -0.4 is 4.74 Å². The molecule has 0 saturated carbocycles. The van der Waals surface area contributed by atoms with Crippen LogP contribution in [-0.2, 0) is 26.5 Å². The third-order valence-electron chi connectivity index (χ3n) is 4.91. The molecule has 30 heavy (non-hydrogen) atoms. The topological polar surface area (TPSA) is 101 Å². The number of benzene rings is 1. The van der Waals surface area contributed by atoms with Crippen LogP contribution in [0.15, 0.2) is 48.6 Å². The number of ether oxygens (including phenoxy) is 2. The molecule has 0 atom stereocenters. The third-order valence-corrected chi connectivity index (χ3v) is 4.91. The summed E-state index contributed by atoms with van der Waals surface area (Å²) in [5, 5.41) is 15.6. The number of nitrogens with zero attached hydrogens (tertiary/aromatic N) is 2. The molecule has 3 heterocycles. The highest BCUT2D eigenvalue weighted by molar-refractivity contribution is 5.89. The molecule has 8 nitrogen and oxygen atoms in total. The number of aliphatic carboxylic acids is 2. The number of carboxylic acids is 2. The molecule has 160 valence electrons. The molecule has 2 N–H and O–H groups in total. The first-order valence-electron chi connectivity index (χ1n) is 9.71. The predicted octanol–water partition coefficient (Wildman–Crippen LogP) is 2.65. The van der Waals surface area contributed by atoms with Crippen molar-refractivity contribution in [3.8, 4) is 11.4 Å². The van der Waals surface area contributed by atoms with Crippen molar-refractivity contribution in [2.24, 2.45) is 0 Å². The second-order valence-electron chi connectivity index (χ2n) is 7.52. The Morgan fingerprint density at radius 2 is 1.67 bits per heavy atom. The van der Waals surface area contributed by atoms with Crippen LogP contribution in [0.25, 0.3) is 5.69 Å². The van der Waals surface area contributed by atoms with Gasteiger partial charge in [0, 0.05) is 37.5 Å². The van der Waals surface area contributed by atoms with Gasteiger partial charge in [0.05, 0.1) is 24.6 Å². The van der Waals surface area contributed by atoms with Crippen LogP contribution in [0.1, 0.15) is 25.2 Å². The number of rotatable bonds is 4. The van der Waals surface area contributed by atoms with E-state index in [0.29, 0.717) is 12.2 Å². The molecule has 0 radical (unpaired) electrons. The minimum absolute atomic E-state index is 0.308. The van der Waals surface area contributed by atoms with Crippen LogP contribution in [-0.4, -0.2) is 57.9 Å². The Hall–Kier alpha value is -3.10. The van der Waals surface area contributed by atoms with Crippen molar-refractivity contribution < 1.29 is 29.3 Å². The Morgan fingerprint density at radius 1 is 1.03 bits per heavy atom. The van der Waals surface area contributed by atoms with Crippen molar-refractivity contribution in [1.82, 2.24) is 9.47 Å². The molecular weight excluding hydrogens is 388 g/mol. The Bertz CT molecular complexity index is 925. The number of carbonyl (C=O) groups is 2. The fraction of sp³-hybridized carbons (Fsp3) is 0.364. The lowest BCUT2D eigenvalue weighted by atomic mass is 10.0. The van der Waals surface area contributed by atoms with E-state index in [1.165, 1.54) is 11.4 Å². The molecule has 1 aromatic carbocycles. The number of hydrogen-bond donors (Lipinski definition) is 2. The van der Waals surface area contributed by atoms with Gasteiger partial charge in [-0.2, -0.15) is 0 Å². The zero-order valence-electron chi connectivity index (χ0n) is 17.1. The maximum atomic E-state index is 9.55. The van der Waals surface area contributed by atoms with Crippen LogP contribution in [0, 0.1) is 0 Å². The summed E-state index contributed by atoms with van der Waals surface area (Å²) in [5.74, 6) is -1.56. The summed E-state index contributed by atoms with van der Waals surface area (Å²) < 4.78 is 14.0. The summed E-state index contributed by atoms with van der Waals surface area (Å²) in [6.07, 6.45) is 1.12. The number of fused-ring (bicyclic) bond motifs is 3. The average molecular weight is 414 g/mol. The Kier molecular flexibility index (Phi) is 6.59. The van der Waals surface area contributed by atoms with Gasteiger partial charge >= 0.3 is 11.9 Å². The van der Waals surface area contributed by atoms with Crippen molar-refractivity contribution in [2.75, 3.05) is 26.3 Å². The molecule has 0 unspecified atom stereocenters. The highest BCUT2D eigenvalue weighted by atomic mass is 16.5. The van der Waals surface area contributed by atoms with Gasteiger partial charge < -0.3 is 24.3 Å². The highest BCUT2D eigenvalue weighted by Gasteiger charge is 2.34. The minimum Gasteiger partial charge on any atom is -0.479 e. The first-order chi connectivity index (χ1) is 14.3. The fourth-order valence-electron chi connectivity index (χ4n) is 3.54. The summed E-state index contributed by atoms with van der Waals surface area (Å²) in [4.78, 5) is 21.6. The largest absolute Gasteiger partial charge is 0.479 e. The molecule has 1 aromatic heterocycles. The molecule has 2 aromatic rings. The van der Waals surface area contributed by atoms with Gasteiger partial charge in [0.2, 0.25) is 0 Å². The Morgan fingerprint density at radius 3 is 2.30 bits per heavy atom. The number of aromatic nitrogens is 1. The summed E-state index contributed by atoms with van der Waals surface area (Å²) in [5.41, 5.74) is 3.37. The van der Waals surface area contributed by atoms with Crippen molar-refractivity contribution in [1.29, 1.82) is 0 Å². The standard InChI is InChI=1S/C18H22N2O2.C4H4O4/c1-18(2)17-8-7-14(13-19-9-11-21-12-10-19)20(17)15-5-3-4-6-16(15)22-18;5-3(6)1-2-4(7)8/h3-8H,9-13H2,1-2H3;1-2H,(H,5,6)(H,7,8)/b;2-1-. The van der Waals surface area contributed by atoms with Gasteiger partial charge in [-0.05, 0) is 38.1 Å². The Balaban J connectivity index is 0.000000275. The number of morpholine rings is 1. The molecule has 0 spiro atoms. The first-order valence-corrected chi connectivity index (χ1v) is 9.71. The normalized spacial score (nSPS) is 17.3. The zero-order valence-corrected chi connectivity index (χ0v) is 17.1. The SMILES string of the molecule is CC1(C)Oc2ccccc2-n2c(CN3CCOCC3)ccc21.O=C(O)/C=C\C(=O)O. The van der Waals surface area contributed by atoms with Gasteiger partial charge in [0.25, 0.3) is 0 Å². The van der Waals surface area contributed by atoms with Crippen molar-refractivity contribution in [3.63, 3.8) is 0 Å². The van der Waals surface area contributed by atoms with E-state index in [1.807, 2.05) is 6.07 Å². The monoisotopic (exact) mass is 414 g/mol. The first kappa shape index (κ1) is 21.6. The van der Waals surface area contributed by atoms with Crippen LogP contribution >= 0.6 is 0 Å². The average Bonchev–Trinajstić information content (AvgIpc) is 3.12. The van der Waals surface area contributed by atoms with Crippen molar-refractivity contribution >= 4 is 11.9 Å². The van der Waals surface area contributed by atoms with E-state index >= 15 is 0 Å². The van der Waals surface area contributed by atoms with Crippen molar-refractivity contribution in [2.45, 2.75) is 26.0 Å². The van der Waals surface area contributed by atoms with Gasteiger partial charge in [-0.3, -0.25) is 4.90 Å². The lowest BCUT2D eigenvalue weighted by Crippen LogP contribution is -2.37. The maximum absolute atomic E-state index is 9.55. The van der Waals surface area contributed by atoms with Crippen molar-refractivity contribution in [3.05, 3.63) is 59.9 Å². The number of carboxylic acid groups (broad SMARTS) is 2. The minimum atomic E-state index is -1.26. The van der Waals surface area contributed by atoms with E-state index in [-0.39, 0.29) is 5.60 Å². The lowest BCUT2D eigenvalue weighted by molar-refractivity contribution is -0.134. The molecule has 2 aliphatic heterocycles. The number of hydrogen-bond acceptors (Lipinski definition) is 5. The zero-order chi connectivity index (χ0) is 21.7. The maximum Gasteiger partial charge on any atom is 0.328 e. The van der Waals surface area contributed by atoms with Crippen LogP contribution in [0.4, 0.5) is 0 Å². The van der Waals surface area contributed by atoms with Gasteiger partial charge in [0.15, 0.2) is 0 Å². The molecule has 0 amide bonds. The predicted molar refractivity (Wildman–Crippen MR) is 110 cm³/mol. The second-order valence-corrected chi connectivity index (χ2v) is 7.52. The lowest BCUT2D eigenvalue weighted by Gasteiger charge is -2.35. The van der Waals surface area contributed by atoms with E-state index in [0.717, 1.165) is 44.3 Å². The summed E-state index contributed by atoms with van der Waals surface area (Å²) >= 11 is 0. The summed E-state index contributed by atoms with van der Waals surface area (Å²) in [6.45, 7) is 8.88. The van der Waals surface area contributed by atoms with E-state index < -0.39 is 11.9 Å². The molecular formula is C22H26N2O6. The second kappa shape index (κ2) is 9.15. The van der Waals surface area contributed by atoms with E-state index in [1.54, 1.807) is 0 Å². The van der Waals surface area contributed by atoms with Gasteiger partial charge in [-0.25, -0.2) is 9.59 Å². The van der Waals surface area contributed by atoms with Gasteiger partial charge in [-0.1, -0.05) is 12.1 Å². The van der Waals surface area contributed by atoms with Gasteiger partial charge in [0.1, 0.15) is 11.4 Å². The Labute approximate surface area is 174 Å². The van der Waals surface area contributed by atoms with Crippen LogP contribution in [0.3, 0.4) is 0 Å². The molecule has 0 bridgehead atoms. The summed E-state index contributed by atoms with van der Waals surface area (Å²) in [7, 11) is 0. The molecule has 8 heteroatoms. The molecule has 1 saturated heterocycles. The van der Waals surface area contributed by atoms with Crippen LogP contribution in [0.2, 0.25) is 0 Å². The molecule has 4 rings (SSSR count). The van der Waals surface area contributed by atoms with E-state index in [2.05, 4.69) is 53.6 Å². The van der Waals surface area contributed by atoms with Crippen LogP contribution in [0.5, 0.6) is 5.75 Å². The molecule has 1 fully saturated rings. The number of para-hydroxylation sites is 2.